The molecule has 3 aliphatic rings. The highest BCUT2D eigenvalue weighted by molar-refractivity contribution is 6.40. The Morgan fingerprint density at radius 2 is 1.73 bits per heavy atom. The van der Waals surface area contributed by atoms with Gasteiger partial charge in [-0.3, -0.25) is 4.79 Å². The molecule has 4 aromatic carbocycles. The molecule has 2 atom stereocenters. The van der Waals surface area contributed by atoms with Crippen LogP contribution in [0.1, 0.15) is 44.7 Å². The first-order chi connectivity index (χ1) is 23.2. The number of benzene rings is 4. The Hall–Kier alpha value is -4.35. The molecule has 4 aromatic rings. The maximum atomic E-state index is 15.7. The molecular formula is C36H33Cl2FN4O5. The first-order valence-corrected chi connectivity index (χ1v) is 16.4. The van der Waals surface area contributed by atoms with Crippen LogP contribution in [0, 0.1) is 5.82 Å². The minimum Gasteiger partial charge on any atom is -0.478 e. The van der Waals surface area contributed by atoms with Crippen molar-refractivity contribution in [1.29, 1.82) is 0 Å². The zero-order valence-corrected chi connectivity index (χ0v) is 27.6. The SMILES string of the molecule is CNc1ccc(-c2cc(Cl)c(C(=O)N3COc4c(cccc4-c4cc(N5C6CCC5COC6)c(C(=O)O)cc4F)C3)c(Cl)c2)cc1CN. The lowest BCUT2D eigenvalue weighted by Gasteiger charge is -2.37. The average molecular weight is 692 g/mol. The number of carboxylic acid groups (broad SMARTS) is 1. The highest BCUT2D eigenvalue weighted by Gasteiger charge is 2.40. The van der Waals surface area contributed by atoms with Gasteiger partial charge in [-0.05, 0) is 65.9 Å². The molecule has 0 aromatic heterocycles. The molecule has 2 saturated heterocycles. The van der Waals surface area contributed by atoms with Crippen molar-refractivity contribution in [2.45, 2.75) is 38.0 Å². The summed E-state index contributed by atoms with van der Waals surface area (Å²) >= 11 is 13.4. The molecule has 0 radical (unpaired) electrons. The predicted molar refractivity (Wildman–Crippen MR) is 184 cm³/mol. The fraction of sp³-hybridized carbons (Fsp3) is 0.278. The van der Waals surface area contributed by atoms with Crippen molar-refractivity contribution in [1.82, 2.24) is 4.90 Å². The van der Waals surface area contributed by atoms with Gasteiger partial charge in [-0.15, -0.1) is 0 Å². The van der Waals surface area contributed by atoms with Crippen molar-refractivity contribution >= 4 is 46.5 Å². The first-order valence-electron chi connectivity index (χ1n) is 15.7. The Morgan fingerprint density at radius 1 is 1.00 bits per heavy atom. The summed E-state index contributed by atoms with van der Waals surface area (Å²) in [6.07, 6.45) is 1.75. The number of rotatable bonds is 7. The lowest BCUT2D eigenvalue weighted by atomic mass is 9.96. The molecular weight excluding hydrogens is 658 g/mol. The Labute approximate surface area is 286 Å². The number of fused-ring (bicyclic) bond motifs is 3. The maximum absolute atomic E-state index is 15.7. The van der Waals surface area contributed by atoms with E-state index >= 15 is 4.39 Å². The van der Waals surface area contributed by atoms with Crippen LogP contribution in [0.2, 0.25) is 10.0 Å². The van der Waals surface area contributed by atoms with Crippen LogP contribution in [0.25, 0.3) is 22.3 Å². The Morgan fingerprint density at radius 3 is 2.40 bits per heavy atom. The van der Waals surface area contributed by atoms with Crippen molar-refractivity contribution in [3.8, 4) is 28.0 Å². The van der Waals surface area contributed by atoms with Crippen LogP contribution in [0.4, 0.5) is 15.8 Å². The molecule has 7 rings (SSSR count). The second-order valence-corrected chi connectivity index (χ2v) is 13.0. The number of carboxylic acids is 1. The van der Waals surface area contributed by atoms with Crippen molar-refractivity contribution in [2.75, 3.05) is 37.2 Å². The standard InChI is InChI=1S/C36H33Cl2FN4O5/c1-41-31-8-5-19(9-22(31)14-40)21-10-28(37)33(29(38)11-21)35(44)42-15-20-3-2-4-25(34(20)48-18-42)26-13-32(27(36(45)46)12-30(26)39)43-23-6-7-24(43)17-47-16-23/h2-5,8-13,23-24,41H,6-7,14-18,40H2,1H3,(H,45,46). The number of nitrogens with two attached hydrogens (primary N) is 1. The zero-order valence-electron chi connectivity index (χ0n) is 26.1. The van der Waals surface area contributed by atoms with Gasteiger partial charge in [0, 0.05) is 36.0 Å². The minimum absolute atomic E-state index is 0.0238. The number of ether oxygens (including phenoxy) is 2. The molecule has 0 aliphatic carbocycles. The largest absolute Gasteiger partial charge is 0.478 e. The second-order valence-electron chi connectivity index (χ2n) is 12.2. The molecule has 12 heteroatoms. The minimum atomic E-state index is -1.20. The van der Waals surface area contributed by atoms with Gasteiger partial charge >= 0.3 is 5.97 Å². The van der Waals surface area contributed by atoms with Gasteiger partial charge < -0.3 is 35.4 Å². The smallest absolute Gasteiger partial charge is 0.337 e. The normalized spacial score (nSPS) is 18.4. The van der Waals surface area contributed by atoms with E-state index in [2.05, 4.69) is 10.2 Å². The third-order valence-electron chi connectivity index (χ3n) is 9.42. The van der Waals surface area contributed by atoms with E-state index in [-0.39, 0.29) is 52.1 Å². The highest BCUT2D eigenvalue weighted by atomic mass is 35.5. The molecule has 3 aliphatic heterocycles. The number of hydrogen-bond acceptors (Lipinski definition) is 7. The highest BCUT2D eigenvalue weighted by Crippen LogP contribution is 2.43. The van der Waals surface area contributed by atoms with Crippen LogP contribution in [-0.2, 0) is 17.8 Å². The third kappa shape index (κ3) is 5.62. The second kappa shape index (κ2) is 12.9. The van der Waals surface area contributed by atoms with Gasteiger partial charge in [-0.2, -0.15) is 0 Å². The molecule has 48 heavy (non-hydrogen) atoms. The number of aromatic carboxylic acids is 1. The zero-order chi connectivity index (χ0) is 33.7. The van der Waals surface area contributed by atoms with E-state index in [0.717, 1.165) is 41.3 Å². The van der Waals surface area contributed by atoms with Gasteiger partial charge in [0.05, 0.1) is 58.7 Å². The van der Waals surface area contributed by atoms with Crippen molar-refractivity contribution in [3.05, 3.63) is 98.8 Å². The number of nitrogens with one attached hydrogen (secondary N) is 1. The summed E-state index contributed by atoms with van der Waals surface area (Å²) in [4.78, 5) is 29.6. The molecule has 3 heterocycles. The molecule has 0 spiro atoms. The summed E-state index contributed by atoms with van der Waals surface area (Å²) in [5.74, 6) is -1.86. The third-order valence-corrected chi connectivity index (χ3v) is 10.0. The van der Waals surface area contributed by atoms with Crippen molar-refractivity contribution in [2.24, 2.45) is 5.73 Å². The molecule has 2 fully saturated rings. The maximum Gasteiger partial charge on any atom is 0.337 e. The molecule has 2 unspecified atom stereocenters. The Balaban J connectivity index is 1.18. The van der Waals surface area contributed by atoms with Crippen LogP contribution in [0.15, 0.2) is 60.7 Å². The number of nitrogens with zero attached hydrogens (tertiary/aromatic N) is 2. The summed E-state index contributed by atoms with van der Waals surface area (Å²) in [5, 5.41) is 13.5. The number of halogens is 3. The van der Waals surface area contributed by atoms with E-state index in [4.69, 9.17) is 38.4 Å². The van der Waals surface area contributed by atoms with Crippen LogP contribution < -0.4 is 20.7 Å². The van der Waals surface area contributed by atoms with E-state index in [1.165, 1.54) is 4.90 Å². The summed E-state index contributed by atoms with van der Waals surface area (Å²) in [6.45, 7) is 1.36. The quantitative estimate of drug-likeness (QED) is 0.189. The number of para-hydroxylation sites is 1. The van der Waals surface area contributed by atoms with Crippen molar-refractivity contribution < 1.29 is 28.6 Å². The van der Waals surface area contributed by atoms with E-state index in [9.17, 15) is 14.7 Å². The average Bonchev–Trinajstić information content (AvgIpc) is 3.33. The monoisotopic (exact) mass is 690 g/mol. The number of hydrogen-bond donors (Lipinski definition) is 3. The fourth-order valence-electron chi connectivity index (χ4n) is 7.08. The number of carbonyl (C=O) groups excluding carboxylic acids is 1. The Kier molecular flexibility index (Phi) is 8.68. The number of carbonyl (C=O) groups is 2. The van der Waals surface area contributed by atoms with Crippen LogP contribution in [-0.4, -0.2) is 61.0 Å². The predicted octanol–water partition coefficient (Wildman–Crippen LogP) is 7.03. The van der Waals surface area contributed by atoms with Gasteiger partial charge in [-0.1, -0.05) is 47.5 Å². The molecule has 9 nitrogen and oxygen atoms in total. The lowest BCUT2D eigenvalue weighted by Crippen LogP contribution is -2.46. The van der Waals surface area contributed by atoms with Crippen LogP contribution in [0.3, 0.4) is 0 Å². The van der Waals surface area contributed by atoms with Gasteiger partial charge in [0.25, 0.3) is 5.91 Å². The number of amides is 1. The summed E-state index contributed by atoms with van der Waals surface area (Å²) in [5.41, 5.74) is 11.2. The Bertz CT molecular complexity index is 1920. The summed E-state index contributed by atoms with van der Waals surface area (Å²) < 4.78 is 27.6. The van der Waals surface area contributed by atoms with Gasteiger partial charge in [0.2, 0.25) is 0 Å². The number of anilines is 2. The molecule has 4 N–H and O–H groups in total. The molecule has 2 bridgehead atoms. The van der Waals surface area contributed by atoms with E-state index in [1.807, 2.05) is 25.2 Å². The molecule has 0 saturated carbocycles. The first kappa shape index (κ1) is 32.2. The van der Waals surface area contributed by atoms with Gasteiger partial charge in [0.1, 0.15) is 11.6 Å². The topological polar surface area (TPSA) is 117 Å². The molecule has 248 valence electrons. The van der Waals surface area contributed by atoms with Crippen LogP contribution >= 0.6 is 23.2 Å². The lowest BCUT2D eigenvalue weighted by molar-refractivity contribution is 0.0516. The fourth-order valence-corrected chi connectivity index (χ4v) is 7.73. The van der Waals surface area contributed by atoms with Gasteiger partial charge in [-0.25, -0.2) is 9.18 Å². The van der Waals surface area contributed by atoms with Crippen LogP contribution in [0.5, 0.6) is 5.75 Å². The van der Waals surface area contributed by atoms with Crippen molar-refractivity contribution in [3.63, 3.8) is 0 Å². The summed E-state index contributed by atoms with van der Waals surface area (Å²) in [7, 11) is 1.83. The van der Waals surface area contributed by atoms with Gasteiger partial charge in [0.15, 0.2) is 6.73 Å². The number of morpholine rings is 1. The molecule has 1 amide bonds. The summed E-state index contributed by atoms with van der Waals surface area (Å²) in [6, 6.07) is 17.2. The van der Waals surface area contributed by atoms with E-state index in [1.54, 1.807) is 36.4 Å². The van der Waals surface area contributed by atoms with E-state index < -0.39 is 17.7 Å². The van der Waals surface area contributed by atoms with E-state index in [0.29, 0.717) is 42.3 Å².